The highest BCUT2D eigenvalue weighted by atomic mass is 32.1. The first-order valence-corrected chi connectivity index (χ1v) is 8.43. The molecule has 0 fully saturated rings. The number of imidazole rings is 1. The summed E-state index contributed by atoms with van der Waals surface area (Å²) in [7, 11) is 0. The maximum Gasteiger partial charge on any atom is 0.280 e. The molecule has 0 N–H and O–H groups in total. The summed E-state index contributed by atoms with van der Waals surface area (Å²) in [6.45, 7) is 0.0154. The van der Waals surface area contributed by atoms with Crippen LogP contribution in [-0.2, 0) is 0 Å². The summed E-state index contributed by atoms with van der Waals surface area (Å²) in [5.41, 5.74) is 1.32. The molecule has 4 aromatic rings. The zero-order chi connectivity index (χ0) is 17.8. The van der Waals surface area contributed by atoms with Crippen molar-refractivity contribution in [1.82, 2.24) is 9.38 Å². The Morgan fingerprint density at radius 3 is 2.81 bits per heavy atom. The quantitative estimate of drug-likeness (QED) is 0.398. The van der Waals surface area contributed by atoms with Crippen LogP contribution in [0.25, 0.3) is 22.1 Å². The predicted octanol–water partition coefficient (Wildman–Crippen LogP) is 2.09. The third-order valence-electron chi connectivity index (χ3n) is 4.15. The fourth-order valence-corrected chi connectivity index (χ4v) is 3.95. The molecule has 1 aliphatic rings. The summed E-state index contributed by atoms with van der Waals surface area (Å²) in [6.07, 6.45) is 1.50. The molecule has 0 atom stereocenters. The summed E-state index contributed by atoms with van der Waals surface area (Å²) < 4.78 is 12.4. The van der Waals surface area contributed by atoms with Crippen molar-refractivity contribution in [2.45, 2.75) is 0 Å². The number of hydrogen-bond donors (Lipinski definition) is 0. The maximum atomic E-state index is 12.8. The van der Waals surface area contributed by atoms with Crippen molar-refractivity contribution < 1.29 is 14.4 Å². The number of rotatable bonds is 2. The van der Waals surface area contributed by atoms with Gasteiger partial charge >= 0.3 is 0 Å². The highest BCUT2D eigenvalue weighted by Crippen LogP contribution is 2.38. The summed E-state index contributed by atoms with van der Waals surface area (Å²) in [5, 5.41) is 11.4. The highest BCUT2D eigenvalue weighted by molar-refractivity contribution is 7.15. The fraction of sp³-hybridized carbons (Fsp3) is 0.0588. The molecule has 1 aliphatic heterocycles. The van der Waals surface area contributed by atoms with Gasteiger partial charge in [-0.2, -0.15) is 0 Å². The van der Waals surface area contributed by atoms with Crippen LogP contribution in [-0.4, -0.2) is 21.1 Å². The third-order valence-corrected chi connectivity index (χ3v) is 5.12. The van der Waals surface area contributed by atoms with E-state index in [2.05, 4.69) is 4.98 Å². The number of thiazole rings is 1. The normalized spacial score (nSPS) is 13.8. The van der Waals surface area contributed by atoms with E-state index in [1.165, 1.54) is 33.9 Å². The molecule has 0 unspecified atom stereocenters. The first-order chi connectivity index (χ1) is 12.6. The molecule has 0 radical (unpaired) electrons. The molecule has 0 saturated carbocycles. The van der Waals surface area contributed by atoms with Gasteiger partial charge in [-0.05, 0) is 24.3 Å². The molecular weight excluding hydrogens is 358 g/mol. The van der Waals surface area contributed by atoms with Gasteiger partial charge in [-0.1, -0.05) is 23.5 Å². The molecule has 0 aliphatic carbocycles. The molecule has 9 heteroatoms. The minimum Gasteiger partial charge on any atom is -0.454 e. The average molecular weight is 367 g/mol. The number of hydrogen-bond acceptors (Lipinski definition) is 7. The van der Waals surface area contributed by atoms with Crippen LogP contribution < -0.4 is 19.6 Å². The van der Waals surface area contributed by atoms with Gasteiger partial charge in [0.15, 0.2) is 16.5 Å². The summed E-state index contributed by atoms with van der Waals surface area (Å²) in [6, 6.07) is 10.2. The predicted molar refractivity (Wildman–Crippen MR) is 94.8 cm³/mol. The van der Waals surface area contributed by atoms with E-state index in [4.69, 9.17) is 9.47 Å². The summed E-state index contributed by atoms with van der Waals surface area (Å²) in [4.78, 5) is 28.7. The van der Waals surface area contributed by atoms with E-state index >= 15 is 0 Å². The van der Waals surface area contributed by atoms with Gasteiger partial charge in [0.1, 0.15) is 0 Å². The molecule has 0 saturated heterocycles. The average Bonchev–Trinajstić information content (AvgIpc) is 3.29. The fourth-order valence-electron chi connectivity index (χ4n) is 2.97. The number of nitro benzene ring substituents is 1. The van der Waals surface area contributed by atoms with E-state index in [9.17, 15) is 14.9 Å². The lowest BCUT2D eigenvalue weighted by molar-refractivity contribution is -0.385. The SMILES string of the molecule is O=c1/c(=C/c2cc3c(cc2[N+](=O)[O-])OCO3)sc2nc3ccccc3n12. The van der Waals surface area contributed by atoms with Crippen molar-refractivity contribution in [2.75, 3.05) is 6.79 Å². The standard InChI is InChI=1S/C17H9N3O5S/c21-16-15(26-17-18-10-3-1-2-4-11(10)19(16)17)6-9-5-13-14(25-8-24-13)7-12(9)20(22)23/h1-7H,8H2/b15-6-. The lowest BCUT2D eigenvalue weighted by Crippen LogP contribution is -2.22. The third kappa shape index (κ3) is 2.07. The van der Waals surface area contributed by atoms with E-state index in [0.717, 1.165) is 5.52 Å². The van der Waals surface area contributed by atoms with Crippen molar-refractivity contribution in [3.8, 4) is 11.5 Å². The first kappa shape index (κ1) is 14.8. The number of nitrogens with zero attached hydrogens (tertiary/aromatic N) is 3. The van der Waals surface area contributed by atoms with Crippen LogP contribution in [0.3, 0.4) is 0 Å². The minimum absolute atomic E-state index is 0.0154. The molecule has 8 nitrogen and oxygen atoms in total. The van der Waals surface area contributed by atoms with Crippen molar-refractivity contribution in [3.05, 3.63) is 67.0 Å². The second-order valence-corrected chi connectivity index (χ2v) is 6.66. The number of fused-ring (bicyclic) bond motifs is 4. The van der Waals surface area contributed by atoms with Crippen molar-refractivity contribution in [1.29, 1.82) is 0 Å². The van der Waals surface area contributed by atoms with Crippen LogP contribution in [0.5, 0.6) is 11.5 Å². The lowest BCUT2D eigenvalue weighted by atomic mass is 10.1. The summed E-state index contributed by atoms with van der Waals surface area (Å²) in [5.74, 6) is 0.740. The number of nitro groups is 1. The second-order valence-electron chi connectivity index (χ2n) is 5.66. The Hall–Kier alpha value is -3.46. The van der Waals surface area contributed by atoms with Gasteiger partial charge in [-0.15, -0.1) is 0 Å². The van der Waals surface area contributed by atoms with Gasteiger partial charge in [0.25, 0.3) is 11.2 Å². The topological polar surface area (TPSA) is 96.0 Å². The number of aromatic nitrogens is 2. The Bertz CT molecular complexity index is 1320. The lowest BCUT2D eigenvalue weighted by Gasteiger charge is -2.00. The number of benzene rings is 2. The molecule has 26 heavy (non-hydrogen) atoms. The second kappa shape index (κ2) is 5.27. The van der Waals surface area contributed by atoms with Gasteiger partial charge in [0.2, 0.25) is 6.79 Å². The monoisotopic (exact) mass is 367 g/mol. The van der Waals surface area contributed by atoms with Gasteiger partial charge in [-0.25, -0.2) is 9.38 Å². The van der Waals surface area contributed by atoms with Gasteiger partial charge in [0, 0.05) is 0 Å². The van der Waals surface area contributed by atoms with Crippen LogP contribution in [0.1, 0.15) is 5.56 Å². The maximum absolute atomic E-state index is 12.8. The van der Waals surface area contributed by atoms with Gasteiger partial charge in [0.05, 0.1) is 32.1 Å². The Balaban J connectivity index is 1.78. The molecule has 128 valence electrons. The van der Waals surface area contributed by atoms with Crippen LogP contribution in [0.2, 0.25) is 0 Å². The zero-order valence-electron chi connectivity index (χ0n) is 13.0. The van der Waals surface area contributed by atoms with E-state index in [0.29, 0.717) is 26.5 Å². The molecule has 5 rings (SSSR count). The largest absolute Gasteiger partial charge is 0.454 e. The van der Waals surface area contributed by atoms with Crippen LogP contribution in [0.15, 0.2) is 41.2 Å². The number of para-hydroxylation sites is 2. The summed E-state index contributed by atoms with van der Waals surface area (Å²) >= 11 is 1.19. The van der Waals surface area contributed by atoms with E-state index < -0.39 is 4.92 Å². The Morgan fingerprint density at radius 2 is 2.00 bits per heavy atom. The minimum atomic E-state index is -0.508. The van der Waals surface area contributed by atoms with Crippen LogP contribution in [0, 0.1) is 10.1 Å². The van der Waals surface area contributed by atoms with E-state index in [1.54, 1.807) is 0 Å². The number of ether oxygens (including phenoxy) is 2. The van der Waals surface area contributed by atoms with Crippen molar-refractivity contribution >= 4 is 39.1 Å². The molecule has 0 spiro atoms. The molecule has 3 heterocycles. The van der Waals surface area contributed by atoms with E-state index in [1.807, 2.05) is 24.3 Å². The Labute approximate surface area is 148 Å². The van der Waals surface area contributed by atoms with Gasteiger partial charge < -0.3 is 9.47 Å². The smallest absolute Gasteiger partial charge is 0.280 e. The highest BCUT2D eigenvalue weighted by Gasteiger charge is 2.22. The van der Waals surface area contributed by atoms with E-state index in [-0.39, 0.29) is 23.6 Å². The molecule has 2 aromatic heterocycles. The van der Waals surface area contributed by atoms with Gasteiger partial charge in [-0.3, -0.25) is 14.9 Å². The zero-order valence-corrected chi connectivity index (χ0v) is 13.9. The van der Waals surface area contributed by atoms with Crippen molar-refractivity contribution in [2.24, 2.45) is 0 Å². The molecule has 2 aromatic carbocycles. The van der Waals surface area contributed by atoms with Crippen molar-refractivity contribution in [3.63, 3.8) is 0 Å². The molecular formula is C17H9N3O5S. The van der Waals surface area contributed by atoms with Crippen LogP contribution in [0.4, 0.5) is 5.69 Å². The van der Waals surface area contributed by atoms with Crippen LogP contribution >= 0.6 is 11.3 Å². The molecule has 0 bridgehead atoms. The first-order valence-electron chi connectivity index (χ1n) is 7.61. The molecule has 0 amide bonds. The Morgan fingerprint density at radius 1 is 1.23 bits per heavy atom. The Kier molecular flexibility index (Phi) is 3.01.